The number of phenolic OH excluding ortho intramolecular Hbond substituents is 1. The lowest BCUT2D eigenvalue weighted by Crippen LogP contribution is -2.35. The van der Waals surface area contributed by atoms with E-state index in [0.717, 1.165) is 25.0 Å². The highest BCUT2D eigenvalue weighted by atomic mass is 32.2. The summed E-state index contributed by atoms with van der Waals surface area (Å²) in [4.78, 5) is 14.7. The highest BCUT2D eigenvalue weighted by molar-refractivity contribution is 8.26. The molecule has 2 aliphatic heterocycles. The van der Waals surface area contributed by atoms with Crippen LogP contribution in [-0.4, -0.2) is 46.6 Å². The molecule has 7 heteroatoms. The van der Waals surface area contributed by atoms with Gasteiger partial charge in [0.1, 0.15) is 4.32 Å². The van der Waals surface area contributed by atoms with Crippen molar-refractivity contribution in [3.63, 3.8) is 0 Å². The molecular formula is C16H17NO4S2. The van der Waals surface area contributed by atoms with E-state index in [4.69, 9.17) is 21.7 Å². The molecule has 2 heterocycles. The number of ether oxygens (including phenoxy) is 2. The molecule has 0 spiro atoms. The quantitative estimate of drug-likeness (QED) is 0.665. The van der Waals surface area contributed by atoms with Crippen LogP contribution in [0.1, 0.15) is 18.4 Å². The molecule has 1 N–H and O–H groups in total. The van der Waals surface area contributed by atoms with Crippen LogP contribution in [0.5, 0.6) is 11.5 Å². The van der Waals surface area contributed by atoms with Crippen molar-refractivity contribution in [1.29, 1.82) is 0 Å². The lowest BCUT2D eigenvalue weighted by Gasteiger charge is -2.18. The second-order valence-corrected chi connectivity index (χ2v) is 7.03. The maximum Gasteiger partial charge on any atom is 0.266 e. The first-order chi connectivity index (χ1) is 11.1. The fraction of sp³-hybridized carbons (Fsp3) is 0.375. The molecular weight excluding hydrogens is 334 g/mol. The fourth-order valence-corrected chi connectivity index (χ4v) is 3.86. The maximum atomic E-state index is 12.5. The summed E-state index contributed by atoms with van der Waals surface area (Å²) in [5, 5.41) is 9.63. The van der Waals surface area contributed by atoms with E-state index < -0.39 is 0 Å². The number of methoxy groups -OCH3 is 1. The molecule has 0 radical (unpaired) electrons. The maximum absolute atomic E-state index is 12.5. The minimum Gasteiger partial charge on any atom is -0.504 e. The van der Waals surface area contributed by atoms with E-state index >= 15 is 0 Å². The predicted octanol–water partition coefficient (Wildman–Crippen LogP) is 2.78. The standard InChI is InChI=1S/C16H17NO4S2/c1-20-13-7-10(4-5-12(13)18)8-14-15(19)17(16(22)23-14)9-11-3-2-6-21-11/h4-5,7-8,11,18H,2-3,6,9H2,1H3/b14-8+/t11-/m0/s1. The van der Waals surface area contributed by atoms with Crippen molar-refractivity contribution < 1.29 is 19.4 Å². The van der Waals surface area contributed by atoms with Crippen molar-refractivity contribution in [2.45, 2.75) is 18.9 Å². The fourth-order valence-electron chi connectivity index (χ4n) is 2.58. The Balaban J connectivity index is 1.78. The van der Waals surface area contributed by atoms with Gasteiger partial charge in [0, 0.05) is 6.61 Å². The predicted molar refractivity (Wildman–Crippen MR) is 93.5 cm³/mol. The molecule has 1 atom stereocenters. The summed E-state index contributed by atoms with van der Waals surface area (Å²) in [6.07, 6.45) is 3.83. The van der Waals surface area contributed by atoms with Crippen LogP contribution >= 0.6 is 24.0 Å². The first-order valence-corrected chi connectivity index (χ1v) is 8.55. The monoisotopic (exact) mass is 351 g/mol. The van der Waals surface area contributed by atoms with E-state index in [0.29, 0.717) is 21.5 Å². The SMILES string of the molecule is COc1cc(/C=C2/SC(=S)N(C[C@@H]3CCCO3)C2=O)ccc1O. The number of aromatic hydroxyl groups is 1. The molecule has 5 nitrogen and oxygen atoms in total. The van der Waals surface area contributed by atoms with Gasteiger partial charge in [-0.15, -0.1) is 0 Å². The Morgan fingerprint density at radius 3 is 3.09 bits per heavy atom. The Kier molecular flexibility index (Phi) is 4.89. The van der Waals surface area contributed by atoms with E-state index in [2.05, 4.69) is 0 Å². The van der Waals surface area contributed by atoms with Gasteiger partial charge >= 0.3 is 0 Å². The third kappa shape index (κ3) is 3.52. The van der Waals surface area contributed by atoms with E-state index in [-0.39, 0.29) is 17.8 Å². The molecule has 1 amide bonds. The van der Waals surface area contributed by atoms with Crippen LogP contribution in [0, 0.1) is 0 Å². The smallest absolute Gasteiger partial charge is 0.266 e. The number of hydrogen-bond donors (Lipinski definition) is 1. The van der Waals surface area contributed by atoms with Gasteiger partial charge in [-0.3, -0.25) is 9.69 Å². The van der Waals surface area contributed by atoms with Gasteiger partial charge in [-0.05, 0) is 36.6 Å². The highest BCUT2D eigenvalue weighted by Crippen LogP contribution is 2.35. The van der Waals surface area contributed by atoms with E-state index in [1.807, 2.05) is 0 Å². The Morgan fingerprint density at radius 1 is 1.57 bits per heavy atom. The molecule has 0 bridgehead atoms. The molecule has 2 aliphatic rings. The van der Waals surface area contributed by atoms with Crippen LogP contribution in [0.2, 0.25) is 0 Å². The molecule has 3 rings (SSSR count). The molecule has 2 saturated heterocycles. The van der Waals surface area contributed by atoms with Crippen molar-refractivity contribution in [2.75, 3.05) is 20.3 Å². The number of benzene rings is 1. The number of hydrogen-bond acceptors (Lipinski definition) is 6. The van der Waals surface area contributed by atoms with Crippen molar-refractivity contribution in [1.82, 2.24) is 4.90 Å². The Labute approximate surface area is 144 Å². The van der Waals surface area contributed by atoms with Gasteiger partial charge in [0.25, 0.3) is 5.91 Å². The number of amides is 1. The zero-order chi connectivity index (χ0) is 16.4. The number of thiocarbonyl (C=S) groups is 1. The van der Waals surface area contributed by atoms with Crippen molar-refractivity contribution in [3.8, 4) is 11.5 Å². The molecule has 0 unspecified atom stereocenters. The van der Waals surface area contributed by atoms with Crippen molar-refractivity contribution in [3.05, 3.63) is 28.7 Å². The summed E-state index contributed by atoms with van der Waals surface area (Å²) in [5.74, 6) is 0.340. The lowest BCUT2D eigenvalue weighted by molar-refractivity contribution is -0.123. The summed E-state index contributed by atoms with van der Waals surface area (Å²) >= 11 is 6.61. The summed E-state index contributed by atoms with van der Waals surface area (Å²) < 4.78 is 11.2. The normalized spacial score (nSPS) is 23.1. The number of rotatable bonds is 4. The zero-order valence-electron chi connectivity index (χ0n) is 12.7. The highest BCUT2D eigenvalue weighted by Gasteiger charge is 2.34. The molecule has 23 heavy (non-hydrogen) atoms. The summed E-state index contributed by atoms with van der Waals surface area (Å²) in [6.45, 7) is 1.27. The average molecular weight is 351 g/mol. The van der Waals surface area contributed by atoms with Gasteiger partial charge < -0.3 is 14.6 Å². The molecule has 2 fully saturated rings. The van der Waals surface area contributed by atoms with Crippen molar-refractivity contribution in [2.24, 2.45) is 0 Å². The largest absolute Gasteiger partial charge is 0.504 e. The van der Waals surface area contributed by atoms with Gasteiger partial charge in [0.15, 0.2) is 11.5 Å². The Hall–Kier alpha value is -1.57. The van der Waals surface area contributed by atoms with Crippen LogP contribution in [-0.2, 0) is 9.53 Å². The number of carbonyl (C=O) groups is 1. The summed E-state index contributed by atoms with van der Waals surface area (Å²) in [7, 11) is 1.49. The minimum atomic E-state index is -0.0949. The molecule has 1 aromatic carbocycles. The van der Waals surface area contributed by atoms with E-state index in [1.165, 1.54) is 24.9 Å². The van der Waals surface area contributed by atoms with Crippen molar-refractivity contribution >= 4 is 40.3 Å². The molecule has 122 valence electrons. The first-order valence-electron chi connectivity index (χ1n) is 7.32. The van der Waals surface area contributed by atoms with E-state index in [9.17, 15) is 9.90 Å². The second-order valence-electron chi connectivity index (χ2n) is 5.36. The van der Waals surface area contributed by atoms with Crippen LogP contribution in [0.3, 0.4) is 0 Å². The van der Waals surface area contributed by atoms with Crippen LogP contribution in [0.15, 0.2) is 23.1 Å². The van der Waals surface area contributed by atoms with Gasteiger partial charge in [-0.1, -0.05) is 30.0 Å². The first kappa shape index (κ1) is 16.3. The van der Waals surface area contributed by atoms with Gasteiger partial charge in [-0.25, -0.2) is 0 Å². The van der Waals surface area contributed by atoms with Gasteiger partial charge in [0.05, 0.1) is 24.7 Å². The zero-order valence-corrected chi connectivity index (χ0v) is 14.3. The average Bonchev–Trinajstić information content (AvgIpc) is 3.14. The van der Waals surface area contributed by atoms with E-state index in [1.54, 1.807) is 23.1 Å². The molecule has 0 saturated carbocycles. The molecule has 1 aromatic rings. The summed E-state index contributed by atoms with van der Waals surface area (Å²) in [5.41, 5.74) is 0.775. The van der Waals surface area contributed by atoms with Gasteiger partial charge in [0.2, 0.25) is 0 Å². The number of thioether (sulfide) groups is 1. The number of phenols is 1. The molecule has 0 aromatic heterocycles. The third-order valence-corrected chi connectivity index (χ3v) is 5.16. The third-order valence-electron chi connectivity index (χ3n) is 3.79. The second kappa shape index (κ2) is 6.90. The summed E-state index contributed by atoms with van der Waals surface area (Å²) in [6, 6.07) is 4.95. The topological polar surface area (TPSA) is 59.0 Å². The molecule has 0 aliphatic carbocycles. The number of carbonyl (C=O) groups excluding carboxylic acids is 1. The Bertz CT molecular complexity index is 668. The van der Waals surface area contributed by atoms with Crippen LogP contribution < -0.4 is 4.74 Å². The van der Waals surface area contributed by atoms with Crippen LogP contribution in [0.4, 0.5) is 0 Å². The Morgan fingerprint density at radius 2 is 2.39 bits per heavy atom. The van der Waals surface area contributed by atoms with Crippen LogP contribution in [0.25, 0.3) is 6.08 Å². The number of nitrogens with zero attached hydrogens (tertiary/aromatic N) is 1. The van der Waals surface area contributed by atoms with Gasteiger partial charge in [-0.2, -0.15) is 0 Å². The minimum absolute atomic E-state index is 0.0654. The lowest BCUT2D eigenvalue weighted by atomic mass is 10.2.